The monoisotopic (exact) mass is 149 g/mol. The molecule has 0 aromatic rings. The van der Waals surface area contributed by atoms with Crippen LogP contribution in [0.15, 0.2) is 0 Å². The summed E-state index contributed by atoms with van der Waals surface area (Å²) in [6.07, 6.45) is 3.28. The molecular formula is C6H12ClNO. The van der Waals surface area contributed by atoms with Crippen molar-refractivity contribution in [3.63, 3.8) is 0 Å². The van der Waals surface area contributed by atoms with Crippen molar-refractivity contribution in [2.45, 2.75) is 30.4 Å². The molecule has 0 radical (unpaired) electrons. The second-order valence-electron chi connectivity index (χ2n) is 3.28. The van der Waals surface area contributed by atoms with E-state index in [0.717, 1.165) is 19.3 Å². The Labute approximate surface area is 61.2 Å². The van der Waals surface area contributed by atoms with E-state index in [2.05, 4.69) is 0 Å². The Hall–Kier alpha value is 0.210. The Morgan fingerprint density at radius 1 is 1.33 bits per heavy atom. The normalized spacial score (nSPS) is 52.7. The van der Waals surface area contributed by atoms with Gasteiger partial charge in [-0.1, -0.05) is 0 Å². The zero-order valence-corrected chi connectivity index (χ0v) is 6.33. The Bertz CT molecular complexity index is 117. The molecule has 3 rings (SSSR count). The van der Waals surface area contributed by atoms with Crippen LogP contribution in [0.5, 0.6) is 0 Å². The third kappa shape index (κ3) is 0.704. The van der Waals surface area contributed by atoms with Crippen molar-refractivity contribution in [3.05, 3.63) is 0 Å². The van der Waals surface area contributed by atoms with Crippen LogP contribution in [0, 0.1) is 0 Å². The van der Waals surface area contributed by atoms with Crippen molar-refractivity contribution in [2.75, 3.05) is 7.11 Å². The second kappa shape index (κ2) is 1.62. The van der Waals surface area contributed by atoms with E-state index in [0.29, 0.717) is 0 Å². The van der Waals surface area contributed by atoms with Crippen LogP contribution in [0.25, 0.3) is 0 Å². The van der Waals surface area contributed by atoms with E-state index >= 15 is 0 Å². The number of hydrogen-bond acceptors (Lipinski definition) is 2. The standard InChI is InChI=1S/C6H11NO.ClH/c1-8-6-2-5(7,3-6)4-6;/h2-4,7H2,1H3;1H. The zero-order valence-electron chi connectivity index (χ0n) is 5.52. The fourth-order valence-corrected chi connectivity index (χ4v) is 1.99. The first-order valence-corrected chi connectivity index (χ1v) is 3.02. The summed E-state index contributed by atoms with van der Waals surface area (Å²) in [6, 6.07) is 0. The first kappa shape index (κ1) is 7.32. The van der Waals surface area contributed by atoms with Gasteiger partial charge >= 0.3 is 0 Å². The first-order valence-electron chi connectivity index (χ1n) is 3.02. The molecule has 3 saturated carbocycles. The maximum absolute atomic E-state index is 5.77. The summed E-state index contributed by atoms with van der Waals surface area (Å²) in [4.78, 5) is 0. The van der Waals surface area contributed by atoms with Gasteiger partial charge in [-0.3, -0.25) is 0 Å². The SMILES string of the molecule is COC12CC(N)(C1)C2.Cl. The molecule has 0 saturated heterocycles. The molecule has 0 heterocycles. The van der Waals surface area contributed by atoms with Crippen LogP contribution >= 0.6 is 12.4 Å². The number of hydrogen-bond donors (Lipinski definition) is 1. The van der Waals surface area contributed by atoms with Crippen LogP contribution in [0.3, 0.4) is 0 Å². The van der Waals surface area contributed by atoms with E-state index in [1.54, 1.807) is 7.11 Å². The number of ether oxygens (including phenoxy) is 1. The highest BCUT2D eigenvalue weighted by atomic mass is 35.5. The quantitative estimate of drug-likeness (QED) is 0.596. The van der Waals surface area contributed by atoms with Crippen molar-refractivity contribution >= 4 is 12.4 Å². The third-order valence-electron chi connectivity index (χ3n) is 2.46. The molecule has 0 spiro atoms. The van der Waals surface area contributed by atoms with E-state index in [4.69, 9.17) is 10.5 Å². The van der Waals surface area contributed by atoms with Gasteiger partial charge < -0.3 is 10.5 Å². The maximum Gasteiger partial charge on any atom is 0.0731 e. The molecule has 54 valence electrons. The highest BCUT2D eigenvalue weighted by Gasteiger charge is 2.66. The fraction of sp³-hybridized carbons (Fsp3) is 1.00. The molecule has 9 heavy (non-hydrogen) atoms. The number of methoxy groups -OCH3 is 1. The molecular weight excluding hydrogens is 138 g/mol. The lowest BCUT2D eigenvalue weighted by Crippen LogP contribution is -2.77. The van der Waals surface area contributed by atoms with Crippen molar-refractivity contribution < 1.29 is 4.74 Å². The predicted octanol–water partition coefficient (Wildman–Crippen LogP) is 0.688. The van der Waals surface area contributed by atoms with Gasteiger partial charge in [-0.25, -0.2) is 0 Å². The minimum atomic E-state index is 0. The summed E-state index contributed by atoms with van der Waals surface area (Å²) < 4.78 is 5.22. The summed E-state index contributed by atoms with van der Waals surface area (Å²) in [6.45, 7) is 0. The lowest BCUT2D eigenvalue weighted by Gasteiger charge is -2.67. The van der Waals surface area contributed by atoms with Crippen LogP contribution in [-0.4, -0.2) is 18.2 Å². The largest absolute Gasteiger partial charge is 0.378 e. The molecule has 0 atom stereocenters. The minimum Gasteiger partial charge on any atom is -0.378 e. The lowest BCUT2D eigenvalue weighted by atomic mass is 9.47. The van der Waals surface area contributed by atoms with E-state index in [1.165, 1.54) is 0 Å². The van der Waals surface area contributed by atoms with Crippen LogP contribution in [0.2, 0.25) is 0 Å². The Balaban J connectivity index is 0.000000405. The molecule has 2 bridgehead atoms. The van der Waals surface area contributed by atoms with Crippen LogP contribution in [-0.2, 0) is 4.74 Å². The average Bonchev–Trinajstić information content (AvgIpc) is 1.55. The molecule has 0 unspecified atom stereocenters. The van der Waals surface area contributed by atoms with E-state index in [-0.39, 0.29) is 23.5 Å². The number of halogens is 1. The summed E-state index contributed by atoms with van der Waals surface area (Å²) in [5, 5.41) is 0. The van der Waals surface area contributed by atoms with Crippen molar-refractivity contribution in [1.82, 2.24) is 0 Å². The molecule has 0 aliphatic heterocycles. The Kier molecular flexibility index (Phi) is 1.32. The first-order chi connectivity index (χ1) is 3.68. The summed E-state index contributed by atoms with van der Waals surface area (Å²) >= 11 is 0. The van der Waals surface area contributed by atoms with E-state index in [1.807, 2.05) is 0 Å². The predicted molar refractivity (Wildman–Crippen MR) is 37.8 cm³/mol. The molecule has 3 heteroatoms. The molecule has 0 aromatic heterocycles. The average molecular weight is 150 g/mol. The van der Waals surface area contributed by atoms with E-state index < -0.39 is 0 Å². The second-order valence-corrected chi connectivity index (χ2v) is 3.28. The summed E-state index contributed by atoms with van der Waals surface area (Å²) in [5.41, 5.74) is 6.22. The van der Waals surface area contributed by atoms with Gasteiger partial charge in [0.25, 0.3) is 0 Å². The molecule has 0 aromatic carbocycles. The van der Waals surface area contributed by atoms with Crippen LogP contribution < -0.4 is 5.73 Å². The van der Waals surface area contributed by atoms with Crippen molar-refractivity contribution in [3.8, 4) is 0 Å². The van der Waals surface area contributed by atoms with Gasteiger partial charge in [0, 0.05) is 12.6 Å². The van der Waals surface area contributed by atoms with Gasteiger partial charge in [0.05, 0.1) is 5.60 Å². The molecule has 2 nitrogen and oxygen atoms in total. The number of rotatable bonds is 1. The molecule has 0 amide bonds. The molecule has 2 N–H and O–H groups in total. The van der Waals surface area contributed by atoms with Crippen molar-refractivity contribution in [2.24, 2.45) is 5.73 Å². The Morgan fingerprint density at radius 2 is 1.78 bits per heavy atom. The molecule has 3 aliphatic rings. The number of nitrogens with two attached hydrogens (primary N) is 1. The van der Waals surface area contributed by atoms with Crippen molar-refractivity contribution in [1.29, 1.82) is 0 Å². The maximum atomic E-state index is 5.77. The van der Waals surface area contributed by atoms with Gasteiger partial charge in [-0.2, -0.15) is 0 Å². The lowest BCUT2D eigenvalue weighted by molar-refractivity contribution is -0.224. The van der Waals surface area contributed by atoms with Gasteiger partial charge in [-0.15, -0.1) is 12.4 Å². The Morgan fingerprint density at radius 3 is 1.89 bits per heavy atom. The van der Waals surface area contributed by atoms with Gasteiger partial charge in [-0.05, 0) is 19.3 Å². The van der Waals surface area contributed by atoms with Gasteiger partial charge in [0.2, 0.25) is 0 Å². The highest BCUT2D eigenvalue weighted by molar-refractivity contribution is 5.85. The van der Waals surface area contributed by atoms with Gasteiger partial charge in [0.1, 0.15) is 0 Å². The molecule has 3 aliphatic carbocycles. The van der Waals surface area contributed by atoms with E-state index in [9.17, 15) is 0 Å². The zero-order chi connectivity index (χ0) is 5.83. The topological polar surface area (TPSA) is 35.2 Å². The van der Waals surface area contributed by atoms with Gasteiger partial charge in [0.15, 0.2) is 0 Å². The third-order valence-corrected chi connectivity index (χ3v) is 2.46. The minimum absolute atomic E-state index is 0. The summed E-state index contributed by atoms with van der Waals surface area (Å²) in [7, 11) is 1.78. The summed E-state index contributed by atoms with van der Waals surface area (Å²) in [5.74, 6) is 0. The highest BCUT2D eigenvalue weighted by Crippen LogP contribution is 2.60. The smallest absolute Gasteiger partial charge is 0.0731 e. The fourth-order valence-electron chi connectivity index (χ4n) is 1.99. The van der Waals surface area contributed by atoms with Crippen LogP contribution in [0.1, 0.15) is 19.3 Å². The molecule has 3 fully saturated rings. The van der Waals surface area contributed by atoms with Crippen LogP contribution in [0.4, 0.5) is 0 Å².